The molecule has 0 radical (unpaired) electrons. The summed E-state index contributed by atoms with van der Waals surface area (Å²) in [6.45, 7) is 19.1. The van der Waals surface area contributed by atoms with E-state index in [9.17, 15) is 0 Å². The number of para-hydroxylation sites is 2. The topological polar surface area (TPSA) is 6.48 Å². The van der Waals surface area contributed by atoms with Crippen molar-refractivity contribution < 1.29 is 0 Å². The van der Waals surface area contributed by atoms with E-state index in [1.165, 1.54) is 101 Å². The monoisotopic (exact) mass is 806 g/mol. The van der Waals surface area contributed by atoms with Gasteiger partial charge >= 0.3 is 0 Å². The summed E-state index contributed by atoms with van der Waals surface area (Å²) in [6, 6.07) is 55.6. The number of hydrogen-bond acceptors (Lipinski definition) is 2. The standard InChI is InChI=1S/C60H58N2/c1-57(2)33-31-42-13-9-11-15-55(42)61(57)45-24-21-41(22-25-45)44-23-29-49-47-27-19-39(35-51(47)59(5,6)53(49)37-44)17-18-40-20-28-48-50-30-26-46(38-54(50)60(7,8)52(48)36-40)62-56-16-12-10-14-43(56)32-34-58(62,3)4/h9-30,35-38H,31-34H2,1-8H3. The van der Waals surface area contributed by atoms with Gasteiger partial charge in [0.05, 0.1) is 0 Å². The van der Waals surface area contributed by atoms with Gasteiger partial charge < -0.3 is 9.80 Å². The zero-order chi connectivity index (χ0) is 42.8. The molecule has 0 bridgehead atoms. The number of fused-ring (bicyclic) bond motifs is 8. The first kappa shape index (κ1) is 38.8. The first-order valence-electron chi connectivity index (χ1n) is 22.8. The highest BCUT2D eigenvalue weighted by atomic mass is 15.2. The molecule has 11 rings (SSSR count). The Labute approximate surface area is 369 Å². The predicted molar refractivity (Wildman–Crippen MR) is 264 cm³/mol. The highest BCUT2D eigenvalue weighted by Crippen LogP contribution is 2.53. The zero-order valence-electron chi connectivity index (χ0n) is 37.7. The zero-order valence-corrected chi connectivity index (χ0v) is 37.7. The van der Waals surface area contributed by atoms with E-state index in [0.717, 1.165) is 25.7 Å². The smallest absolute Gasteiger partial charge is 0.0448 e. The van der Waals surface area contributed by atoms with E-state index in [1.54, 1.807) is 0 Å². The number of hydrogen-bond donors (Lipinski definition) is 0. The summed E-state index contributed by atoms with van der Waals surface area (Å²) in [5, 5.41) is 0. The van der Waals surface area contributed by atoms with Gasteiger partial charge in [-0.2, -0.15) is 0 Å². The van der Waals surface area contributed by atoms with Crippen LogP contribution in [0, 0.1) is 0 Å². The Morgan fingerprint density at radius 1 is 0.387 bits per heavy atom. The number of nitrogens with zero attached hydrogens (tertiary/aromatic N) is 2. The average Bonchev–Trinajstić information content (AvgIpc) is 3.63. The van der Waals surface area contributed by atoms with Crippen molar-refractivity contribution in [3.8, 4) is 33.4 Å². The Balaban J connectivity index is 0.846. The van der Waals surface area contributed by atoms with Crippen LogP contribution in [0.25, 0.3) is 45.5 Å². The van der Waals surface area contributed by atoms with Gasteiger partial charge in [0.2, 0.25) is 0 Å². The van der Waals surface area contributed by atoms with Crippen molar-refractivity contribution in [1.82, 2.24) is 0 Å². The van der Waals surface area contributed by atoms with Gasteiger partial charge in [-0.1, -0.05) is 143 Å². The largest absolute Gasteiger partial charge is 0.336 e. The van der Waals surface area contributed by atoms with Gasteiger partial charge in [0.15, 0.2) is 0 Å². The molecule has 2 nitrogen and oxygen atoms in total. The summed E-state index contributed by atoms with van der Waals surface area (Å²) in [7, 11) is 0. The number of rotatable bonds is 5. The second-order valence-electron chi connectivity index (χ2n) is 20.8. The molecule has 0 unspecified atom stereocenters. The maximum Gasteiger partial charge on any atom is 0.0448 e. The SMILES string of the molecule is CC1(C)c2cc(C=Cc3ccc4c(c3)C(C)(C)c3cc(N5c6ccccc6CCC5(C)C)ccc3-4)ccc2-c2ccc(-c3ccc(N4c5ccccc5CCC4(C)C)cc3)cc21. The molecule has 0 atom stereocenters. The fourth-order valence-electron chi connectivity index (χ4n) is 11.6. The summed E-state index contributed by atoms with van der Waals surface area (Å²) in [6.07, 6.45) is 9.14. The van der Waals surface area contributed by atoms with Gasteiger partial charge in [0.1, 0.15) is 0 Å². The van der Waals surface area contributed by atoms with E-state index in [1.807, 2.05) is 0 Å². The van der Waals surface area contributed by atoms with Crippen LogP contribution in [0.4, 0.5) is 22.7 Å². The summed E-state index contributed by atoms with van der Waals surface area (Å²) >= 11 is 0. The molecular weight excluding hydrogens is 749 g/mol. The van der Waals surface area contributed by atoms with Crippen LogP contribution in [0.1, 0.15) is 113 Å². The molecule has 0 aromatic heterocycles. The van der Waals surface area contributed by atoms with Crippen molar-refractivity contribution in [2.75, 3.05) is 9.80 Å². The van der Waals surface area contributed by atoms with E-state index >= 15 is 0 Å². The number of anilines is 4. The van der Waals surface area contributed by atoms with Crippen molar-refractivity contribution in [1.29, 1.82) is 0 Å². The lowest BCUT2D eigenvalue weighted by atomic mass is 9.81. The van der Waals surface area contributed by atoms with Crippen LogP contribution in [0.15, 0.2) is 146 Å². The van der Waals surface area contributed by atoms with Crippen molar-refractivity contribution in [2.45, 2.75) is 103 Å². The van der Waals surface area contributed by atoms with Crippen LogP contribution >= 0.6 is 0 Å². The molecule has 0 amide bonds. The molecule has 7 aromatic carbocycles. The van der Waals surface area contributed by atoms with Crippen molar-refractivity contribution in [3.05, 3.63) is 190 Å². The van der Waals surface area contributed by atoms with E-state index in [-0.39, 0.29) is 21.9 Å². The quantitative estimate of drug-likeness (QED) is 0.160. The Hall–Kier alpha value is -6.12. The fourth-order valence-corrected chi connectivity index (χ4v) is 11.6. The summed E-state index contributed by atoms with van der Waals surface area (Å²) in [5.41, 5.74) is 24.0. The molecule has 308 valence electrons. The molecule has 2 aliphatic heterocycles. The van der Waals surface area contributed by atoms with Crippen LogP contribution in [-0.4, -0.2) is 11.1 Å². The number of aryl methyl sites for hydroxylation is 2. The summed E-state index contributed by atoms with van der Waals surface area (Å²) in [5.74, 6) is 0. The van der Waals surface area contributed by atoms with Crippen LogP contribution in [0.3, 0.4) is 0 Å². The average molecular weight is 807 g/mol. The first-order chi connectivity index (χ1) is 29.7. The lowest BCUT2D eigenvalue weighted by Crippen LogP contribution is -2.44. The van der Waals surface area contributed by atoms with Crippen LogP contribution in [0.2, 0.25) is 0 Å². The lowest BCUT2D eigenvalue weighted by molar-refractivity contribution is 0.447. The van der Waals surface area contributed by atoms with Crippen molar-refractivity contribution in [2.24, 2.45) is 0 Å². The fraction of sp³-hybridized carbons (Fsp3) is 0.267. The second kappa shape index (κ2) is 13.7. The lowest BCUT2D eigenvalue weighted by Gasteiger charge is -2.45. The van der Waals surface area contributed by atoms with Gasteiger partial charge in [-0.25, -0.2) is 0 Å². The third kappa shape index (κ3) is 5.97. The van der Waals surface area contributed by atoms with Gasteiger partial charge in [-0.3, -0.25) is 0 Å². The first-order valence-corrected chi connectivity index (χ1v) is 22.8. The Morgan fingerprint density at radius 3 is 1.32 bits per heavy atom. The molecule has 2 heteroatoms. The van der Waals surface area contributed by atoms with Crippen molar-refractivity contribution >= 4 is 34.9 Å². The number of benzene rings is 7. The van der Waals surface area contributed by atoms with Crippen molar-refractivity contribution in [3.63, 3.8) is 0 Å². The molecule has 0 saturated carbocycles. The molecular formula is C60H58N2. The van der Waals surface area contributed by atoms with E-state index in [0.29, 0.717) is 0 Å². The third-order valence-corrected chi connectivity index (χ3v) is 15.3. The van der Waals surface area contributed by atoms with E-state index in [4.69, 9.17) is 0 Å². The minimum atomic E-state index is -0.111. The molecule has 7 aromatic rings. The summed E-state index contributed by atoms with van der Waals surface area (Å²) < 4.78 is 0. The predicted octanol–water partition coefficient (Wildman–Crippen LogP) is 15.9. The van der Waals surface area contributed by atoms with Gasteiger partial charge in [0, 0.05) is 44.7 Å². The van der Waals surface area contributed by atoms with E-state index < -0.39 is 0 Å². The normalized spacial score (nSPS) is 18.1. The minimum Gasteiger partial charge on any atom is -0.336 e. The maximum absolute atomic E-state index is 2.59. The van der Waals surface area contributed by atoms with Gasteiger partial charge in [0.25, 0.3) is 0 Å². The second-order valence-corrected chi connectivity index (χ2v) is 20.8. The molecule has 62 heavy (non-hydrogen) atoms. The highest BCUT2D eigenvalue weighted by Gasteiger charge is 2.40. The molecule has 4 aliphatic rings. The Morgan fingerprint density at radius 2 is 0.790 bits per heavy atom. The Kier molecular flexibility index (Phi) is 8.56. The molecule has 2 heterocycles. The Bertz CT molecular complexity index is 2970. The van der Waals surface area contributed by atoms with Crippen LogP contribution < -0.4 is 9.80 Å². The van der Waals surface area contributed by atoms with Crippen LogP contribution in [0.5, 0.6) is 0 Å². The molecule has 2 aliphatic carbocycles. The third-order valence-electron chi connectivity index (χ3n) is 15.3. The van der Waals surface area contributed by atoms with Crippen LogP contribution in [-0.2, 0) is 23.7 Å². The molecule has 0 fully saturated rings. The summed E-state index contributed by atoms with van der Waals surface area (Å²) in [4.78, 5) is 5.13. The minimum absolute atomic E-state index is 0.0427. The molecule has 0 N–H and O–H groups in total. The van der Waals surface area contributed by atoms with Gasteiger partial charge in [-0.15, -0.1) is 0 Å². The molecule has 0 spiro atoms. The van der Waals surface area contributed by atoms with Gasteiger partial charge in [-0.05, 0) is 174 Å². The molecule has 0 saturated heterocycles. The van der Waals surface area contributed by atoms with E-state index in [2.05, 4.69) is 223 Å². The highest BCUT2D eigenvalue weighted by molar-refractivity contribution is 5.88. The maximum atomic E-state index is 2.59.